The van der Waals surface area contributed by atoms with Crippen LogP contribution in [-0.2, 0) is 22.7 Å². The largest absolute Gasteiger partial charge is 0.503 e. The van der Waals surface area contributed by atoms with Crippen LogP contribution in [0.3, 0.4) is 0 Å². The lowest BCUT2D eigenvalue weighted by Crippen LogP contribution is -2.25. The Kier molecular flexibility index (Phi) is 2.81. The van der Waals surface area contributed by atoms with Gasteiger partial charge in [-0.05, 0) is 0 Å². The highest BCUT2D eigenvalue weighted by molar-refractivity contribution is 5.85. The summed E-state index contributed by atoms with van der Waals surface area (Å²) in [5, 5.41) is 9.08. The Bertz CT molecular complexity index is 426. The molecule has 2 heterocycles. The molecule has 0 aromatic carbocycles. The summed E-state index contributed by atoms with van der Waals surface area (Å²) in [6, 6.07) is 1.27. The maximum absolute atomic E-state index is 11.0. The number of hydrogen-bond donors (Lipinski definition) is 1. The minimum absolute atomic E-state index is 0. The van der Waals surface area contributed by atoms with E-state index in [4.69, 9.17) is 9.84 Å². The highest BCUT2D eigenvalue weighted by Crippen LogP contribution is 2.10. The SMILES string of the molecule is Cl.O=C1Cn2cc(O)c(=O)cc2CO1. The maximum Gasteiger partial charge on any atom is 0.326 e. The smallest absolute Gasteiger partial charge is 0.326 e. The molecule has 0 atom stereocenters. The second-order valence-electron chi connectivity index (χ2n) is 2.80. The Morgan fingerprint density at radius 1 is 1.43 bits per heavy atom. The number of ether oxygens (including phenoxy) is 1. The highest BCUT2D eigenvalue weighted by atomic mass is 35.5. The summed E-state index contributed by atoms with van der Waals surface area (Å²) in [6.45, 7) is 0.136. The standard InChI is InChI=1S/C8H7NO4.ClH/c10-6-1-5-4-13-8(12)3-9(5)2-7(6)11;/h1-2,11H,3-4H2;1H. The number of aromatic nitrogens is 1. The Hall–Kier alpha value is -1.49. The van der Waals surface area contributed by atoms with Gasteiger partial charge >= 0.3 is 5.97 Å². The molecule has 0 saturated heterocycles. The van der Waals surface area contributed by atoms with Crippen LogP contribution in [0.4, 0.5) is 0 Å². The average Bonchev–Trinajstić information content (AvgIpc) is 2.08. The summed E-state index contributed by atoms with van der Waals surface area (Å²) < 4.78 is 6.22. The number of esters is 1. The zero-order valence-electron chi connectivity index (χ0n) is 7.10. The molecule has 1 aliphatic heterocycles. The van der Waals surface area contributed by atoms with Crippen LogP contribution >= 0.6 is 12.4 Å². The maximum atomic E-state index is 11.0. The summed E-state index contributed by atoms with van der Waals surface area (Å²) in [7, 11) is 0. The van der Waals surface area contributed by atoms with Gasteiger partial charge in [0.25, 0.3) is 0 Å². The van der Waals surface area contributed by atoms with E-state index in [1.807, 2.05) is 0 Å². The van der Waals surface area contributed by atoms with Gasteiger partial charge in [0.05, 0.1) is 11.9 Å². The van der Waals surface area contributed by atoms with E-state index in [9.17, 15) is 9.59 Å². The minimum atomic E-state index is -0.454. The fourth-order valence-corrected chi connectivity index (χ4v) is 1.21. The van der Waals surface area contributed by atoms with Gasteiger partial charge in [-0.2, -0.15) is 0 Å². The molecule has 0 amide bonds. The van der Waals surface area contributed by atoms with Crippen molar-refractivity contribution in [2.45, 2.75) is 13.2 Å². The third-order valence-corrected chi connectivity index (χ3v) is 1.88. The van der Waals surface area contributed by atoms with Gasteiger partial charge in [-0.15, -0.1) is 12.4 Å². The number of carbonyl (C=O) groups is 1. The van der Waals surface area contributed by atoms with Crippen LogP contribution in [0.1, 0.15) is 5.69 Å². The first kappa shape index (κ1) is 10.6. The molecule has 76 valence electrons. The molecule has 5 nitrogen and oxygen atoms in total. The number of hydrogen-bond acceptors (Lipinski definition) is 4. The summed E-state index contributed by atoms with van der Waals surface area (Å²) in [4.78, 5) is 21.8. The van der Waals surface area contributed by atoms with Crippen molar-refractivity contribution in [3.8, 4) is 5.75 Å². The van der Waals surface area contributed by atoms with Crippen molar-refractivity contribution in [3.05, 3.63) is 28.2 Å². The molecule has 0 bridgehead atoms. The molecule has 6 heteroatoms. The van der Waals surface area contributed by atoms with Crippen molar-refractivity contribution in [2.24, 2.45) is 0 Å². The molecule has 0 aliphatic carbocycles. The molecule has 1 aliphatic rings. The normalized spacial score (nSPS) is 13.9. The molecule has 0 radical (unpaired) electrons. The van der Waals surface area contributed by atoms with Crippen molar-refractivity contribution in [2.75, 3.05) is 0 Å². The number of halogens is 1. The summed E-state index contributed by atoms with van der Waals surface area (Å²) in [5.74, 6) is -0.714. The Labute approximate surface area is 85.3 Å². The van der Waals surface area contributed by atoms with E-state index < -0.39 is 5.43 Å². The van der Waals surface area contributed by atoms with Crippen LogP contribution in [0.2, 0.25) is 0 Å². The van der Waals surface area contributed by atoms with E-state index in [1.165, 1.54) is 16.8 Å². The molecule has 14 heavy (non-hydrogen) atoms. The van der Waals surface area contributed by atoms with Gasteiger partial charge in [-0.3, -0.25) is 9.59 Å². The van der Waals surface area contributed by atoms with Gasteiger partial charge in [-0.25, -0.2) is 0 Å². The summed E-state index contributed by atoms with van der Waals surface area (Å²) in [6.07, 6.45) is 1.25. The van der Waals surface area contributed by atoms with Crippen molar-refractivity contribution in [1.29, 1.82) is 0 Å². The molecule has 0 spiro atoms. The van der Waals surface area contributed by atoms with E-state index >= 15 is 0 Å². The molecule has 0 unspecified atom stereocenters. The monoisotopic (exact) mass is 217 g/mol. The quantitative estimate of drug-likeness (QED) is 0.623. The highest BCUT2D eigenvalue weighted by Gasteiger charge is 2.16. The second kappa shape index (κ2) is 3.71. The number of aromatic hydroxyl groups is 1. The van der Waals surface area contributed by atoms with E-state index in [-0.39, 0.29) is 37.3 Å². The lowest BCUT2D eigenvalue weighted by atomic mass is 10.3. The van der Waals surface area contributed by atoms with Gasteiger partial charge in [0.1, 0.15) is 13.2 Å². The first-order valence-corrected chi connectivity index (χ1v) is 3.75. The van der Waals surface area contributed by atoms with Crippen LogP contribution in [0, 0.1) is 0 Å². The van der Waals surface area contributed by atoms with Crippen molar-refractivity contribution >= 4 is 18.4 Å². The molecule has 0 fully saturated rings. The van der Waals surface area contributed by atoms with Gasteiger partial charge < -0.3 is 14.4 Å². The van der Waals surface area contributed by atoms with Gasteiger partial charge in [0, 0.05) is 6.07 Å². The number of nitrogens with zero attached hydrogens (tertiary/aromatic N) is 1. The van der Waals surface area contributed by atoms with E-state index in [0.29, 0.717) is 5.69 Å². The number of pyridine rings is 1. The number of cyclic esters (lactones) is 1. The second-order valence-corrected chi connectivity index (χ2v) is 2.80. The Balaban J connectivity index is 0.000000980. The Morgan fingerprint density at radius 2 is 2.14 bits per heavy atom. The fraction of sp³-hybridized carbons (Fsp3) is 0.250. The number of fused-ring (bicyclic) bond motifs is 1. The average molecular weight is 218 g/mol. The third-order valence-electron chi connectivity index (χ3n) is 1.88. The predicted octanol–water partition coefficient (Wildman–Crippen LogP) is 0.0325. The molecule has 2 rings (SSSR count). The van der Waals surface area contributed by atoms with Gasteiger partial charge in [0.2, 0.25) is 5.43 Å². The minimum Gasteiger partial charge on any atom is -0.503 e. The lowest BCUT2D eigenvalue weighted by molar-refractivity contribution is -0.148. The first-order valence-electron chi connectivity index (χ1n) is 3.75. The van der Waals surface area contributed by atoms with Crippen LogP contribution in [0.25, 0.3) is 0 Å². The van der Waals surface area contributed by atoms with Gasteiger partial charge in [0.15, 0.2) is 5.75 Å². The summed E-state index contributed by atoms with van der Waals surface area (Å²) >= 11 is 0. The van der Waals surface area contributed by atoms with Crippen molar-refractivity contribution in [1.82, 2.24) is 4.57 Å². The van der Waals surface area contributed by atoms with Crippen LogP contribution in [0.15, 0.2) is 17.1 Å². The van der Waals surface area contributed by atoms with Crippen molar-refractivity contribution < 1.29 is 14.6 Å². The summed E-state index contributed by atoms with van der Waals surface area (Å²) in [5.41, 5.74) is 0.145. The zero-order valence-corrected chi connectivity index (χ0v) is 7.91. The molecular weight excluding hydrogens is 210 g/mol. The van der Waals surface area contributed by atoms with Crippen LogP contribution in [0.5, 0.6) is 5.75 Å². The molecule has 1 N–H and O–H groups in total. The molecule has 1 aromatic rings. The van der Waals surface area contributed by atoms with E-state index in [0.717, 1.165) is 0 Å². The number of rotatable bonds is 0. The van der Waals surface area contributed by atoms with Gasteiger partial charge in [-0.1, -0.05) is 0 Å². The first-order chi connectivity index (χ1) is 6.16. The number of carbonyl (C=O) groups excluding carboxylic acids is 1. The topological polar surface area (TPSA) is 68.5 Å². The molecule has 0 saturated carbocycles. The molecular formula is C8H8ClNO4. The zero-order chi connectivity index (χ0) is 9.42. The molecule has 1 aromatic heterocycles. The Morgan fingerprint density at radius 3 is 2.86 bits per heavy atom. The predicted molar refractivity (Wildman–Crippen MR) is 49.4 cm³/mol. The van der Waals surface area contributed by atoms with Crippen LogP contribution in [-0.4, -0.2) is 15.6 Å². The van der Waals surface area contributed by atoms with E-state index in [1.54, 1.807) is 0 Å². The lowest BCUT2D eigenvalue weighted by Gasteiger charge is -2.18. The van der Waals surface area contributed by atoms with E-state index in [2.05, 4.69) is 0 Å². The van der Waals surface area contributed by atoms with Crippen molar-refractivity contribution in [3.63, 3.8) is 0 Å². The third kappa shape index (κ3) is 1.72. The fourth-order valence-electron chi connectivity index (χ4n) is 1.21. The van der Waals surface area contributed by atoms with Crippen LogP contribution < -0.4 is 5.43 Å².